The quantitative estimate of drug-likeness (QED) is 0.880. The van der Waals surface area contributed by atoms with E-state index in [1.807, 2.05) is 24.1 Å². The molecular weight excluding hydrogens is 260 g/mol. The Morgan fingerprint density at radius 2 is 2.06 bits per heavy atom. The molecule has 0 radical (unpaired) electrons. The minimum absolute atomic E-state index is 0.0960. The molecule has 4 nitrogen and oxygen atoms in total. The van der Waals surface area contributed by atoms with E-state index in [1.54, 1.807) is 6.07 Å². The number of nitrogens with zero attached hydrogens (tertiary/aromatic N) is 1. The van der Waals surface area contributed by atoms with Crippen LogP contribution < -0.4 is 10.6 Å². The molecule has 6 heteroatoms. The number of rotatable bonds is 5. The summed E-state index contributed by atoms with van der Waals surface area (Å²) in [7, 11) is -1.16. The van der Waals surface area contributed by atoms with Crippen molar-refractivity contribution in [3.05, 3.63) is 28.8 Å². The number of hydrogen-bond donors (Lipinski definition) is 1. The molecule has 0 fully saturated rings. The van der Waals surface area contributed by atoms with Crippen LogP contribution in [0.3, 0.4) is 0 Å². The number of hydrogen-bond acceptors (Lipinski definition) is 4. The normalized spacial score (nSPS) is 11.5. The van der Waals surface area contributed by atoms with Gasteiger partial charge in [0.2, 0.25) is 0 Å². The highest BCUT2D eigenvalue weighted by Crippen LogP contribution is 2.28. The summed E-state index contributed by atoms with van der Waals surface area (Å²) in [6, 6.07) is 5.49. The topological polar surface area (TPSA) is 63.4 Å². The number of sulfone groups is 1. The Balaban J connectivity index is 2.92. The maximum Gasteiger partial charge on any atom is 0.149 e. The lowest BCUT2D eigenvalue weighted by Gasteiger charge is -2.23. The van der Waals surface area contributed by atoms with Gasteiger partial charge in [0.25, 0.3) is 0 Å². The molecule has 0 bridgehead atoms. The van der Waals surface area contributed by atoms with Crippen molar-refractivity contribution in [1.29, 1.82) is 0 Å². The van der Waals surface area contributed by atoms with Crippen LogP contribution in [0.5, 0.6) is 0 Å². The predicted octanol–water partition coefficient (Wildman–Crippen LogP) is 1.28. The van der Waals surface area contributed by atoms with Crippen molar-refractivity contribution in [2.24, 2.45) is 5.73 Å². The third-order valence-electron chi connectivity index (χ3n) is 2.47. The summed E-state index contributed by atoms with van der Waals surface area (Å²) in [5, 5.41) is 0.587. The monoisotopic (exact) mass is 276 g/mol. The molecule has 0 saturated heterocycles. The molecule has 1 rings (SSSR count). The second kappa shape index (κ2) is 5.71. The summed E-state index contributed by atoms with van der Waals surface area (Å²) in [5.41, 5.74) is 7.35. The van der Waals surface area contributed by atoms with Crippen LogP contribution in [-0.4, -0.2) is 34.0 Å². The van der Waals surface area contributed by atoms with Crippen LogP contribution in [0.4, 0.5) is 5.69 Å². The van der Waals surface area contributed by atoms with Crippen LogP contribution in [-0.2, 0) is 16.4 Å². The van der Waals surface area contributed by atoms with Gasteiger partial charge in [0.15, 0.2) is 0 Å². The summed E-state index contributed by atoms with van der Waals surface area (Å²) in [6.45, 7) is 0.772. The first-order valence-corrected chi connectivity index (χ1v) is 7.65. The largest absolute Gasteiger partial charge is 0.372 e. The Bertz CT molecular complexity index is 488. The maximum absolute atomic E-state index is 11.1. The molecule has 0 heterocycles. The SMILES string of the molecule is CN(CCS(C)(=O)=O)c1c(Cl)cccc1CN. The molecule has 0 atom stereocenters. The zero-order valence-electron chi connectivity index (χ0n) is 9.98. The number of para-hydroxylation sites is 1. The predicted molar refractivity (Wildman–Crippen MR) is 72.3 cm³/mol. The highest BCUT2D eigenvalue weighted by molar-refractivity contribution is 7.90. The Morgan fingerprint density at radius 1 is 1.41 bits per heavy atom. The third kappa shape index (κ3) is 4.18. The van der Waals surface area contributed by atoms with Gasteiger partial charge in [-0.1, -0.05) is 23.7 Å². The van der Waals surface area contributed by atoms with Gasteiger partial charge in [-0.05, 0) is 11.6 Å². The van der Waals surface area contributed by atoms with Gasteiger partial charge in [0, 0.05) is 26.4 Å². The molecule has 0 aliphatic carbocycles. The van der Waals surface area contributed by atoms with Crippen molar-refractivity contribution in [3.63, 3.8) is 0 Å². The van der Waals surface area contributed by atoms with Gasteiger partial charge in [-0.15, -0.1) is 0 Å². The number of halogens is 1. The molecule has 17 heavy (non-hydrogen) atoms. The fourth-order valence-corrected chi connectivity index (χ4v) is 2.51. The zero-order chi connectivity index (χ0) is 13.1. The molecule has 1 aromatic rings. The molecule has 0 saturated carbocycles. The molecule has 1 aromatic carbocycles. The minimum Gasteiger partial charge on any atom is -0.372 e. The molecule has 2 N–H and O–H groups in total. The summed E-state index contributed by atoms with van der Waals surface area (Å²) in [4.78, 5) is 1.82. The number of anilines is 1. The van der Waals surface area contributed by atoms with Crippen LogP contribution in [0, 0.1) is 0 Å². The first-order chi connectivity index (χ1) is 7.85. The second-order valence-electron chi connectivity index (χ2n) is 4.00. The highest BCUT2D eigenvalue weighted by Gasteiger charge is 2.12. The molecule has 0 amide bonds. The smallest absolute Gasteiger partial charge is 0.149 e. The van der Waals surface area contributed by atoms with E-state index in [0.29, 0.717) is 18.1 Å². The van der Waals surface area contributed by atoms with Crippen LogP contribution in [0.15, 0.2) is 18.2 Å². The van der Waals surface area contributed by atoms with Gasteiger partial charge >= 0.3 is 0 Å². The average Bonchev–Trinajstić information content (AvgIpc) is 2.24. The van der Waals surface area contributed by atoms with E-state index in [9.17, 15) is 8.42 Å². The van der Waals surface area contributed by atoms with Crippen molar-refractivity contribution in [1.82, 2.24) is 0 Å². The van der Waals surface area contributed by atoms with E-state index >= 15 is 0 Å². The summed E-state index contributed by atoms with van der Waals surface area (Å²) >= 11 is 6.11. The van der Waals surface area contributed by atoms with E-state index in [-0.39, 0.29) is 5.75 Å². The van der Waals surface area contributed by atoms with E-state index in [2.05, 4.69) is 0 Å². The van der Waals surface area contributed by atoms with Crippen molar-refractivity contribution >= 4 is 27.1 Å². The molecule has 0 spiro atoms. The van der Waals surface area contributed by atoms with Gasteiger partial charge in [0.1, 0.15) is 9.84 Å². The lowest BCUT2D eigenvalue weighted by atomic mass is 10.1. The Kier molecular flexibility index (Phi) is 4.80. The molecule has 96 valence electrons. The van der Waals surface area contributed by atoms with Crippen LogP contribution in [0.2, 0.25) is 5.02 Å². The lowest BCUT2D eigenvalue weighted by molar-refractivity contribution is 0.601. The van der Waals surface area contributed by atoms with Gasteiger partial charge in [0.05, 0.1) is 16.5 Å². The lowest BCUT2D eigenvalue weighted by Crippen LogP contribution is -2.26. The van der Waals surface area contributed by atoms with Crippen molar-refractivity contribution in [2.45, 2.75) is 6.54 Å². The third-order valence-corrected chi connectivity index (χ3v) is 3.70. The van der Waals surface area contributed by atoms with Gasteiger partial charge in [-0.2, -0.15) is 0 Å². The van der Waals surface area contributed by atoms with Gasteiger partial charge in [-0.3, -0.25) is 0 Å². The first-order valence-electron chi connectivity index (χ1n) is 5.21. The second-order valence-corrected chi connectivity index (χ2v) is 6.67. The number of nitrogens with two attached hydrogens (primary N) is 1. The standard InChI is InChI=1S/C11H17ClN2O2S/c1-14(6-7-17(2,15)16)11-9(8-13)4-3-5-10(11)12/h3-5H,6-8,13H2,1-2H3. The molecule has 0 aliphatic rings. The van der Waals surface area contributed by atoms with E-state index in [4.69, 9.17) is 17.3 Å². The zero-order valence-corrected chi connectivity index (χ0v) is 11.6. The molecule has 0 unspecified atom stereocenters. The number of benzene rings is 1. The Hall–Kier alpha value is -0.780. The van der Waals surface area contributed by atoms with Crippen LogP contribution in [0.1, 0.15) is 5.56 Å². The fourth-order valence-electron chi connectivity index (χ4n) is 1.57. The van der Waals surface area contributed by atoms with Crippen molar-refractivity contribution in [3.8, 4) is 0 Å². The van der Waals surface area contributed by atoms with E-state index in [1.165, 1.54) is 6.26 Å². The van der Waals surface area contributed by atoms with Gasteiger partial charge in [-0.25, -0.2) is 8.42 Å². The molecule has 0 aliphatic heterocycles. The van der Waals surface area contributed by atoms with Crippen LogP contribution in [0.25, 0.3) is 0 Å². The average molecular weight is 277 g/mol. The van der Waals surface area contributed by atoms with E-state index < -0.39 is 9.84 Å². The highest BCUT2D eigenvalue weighted by atomic mass is 35.5. The minimum atomic E-state index is -2.98. The molecule has 0 aromatic heterocycles. The fraction of sp³-hybridized carbons (Fsp3) is 0.455. The first kappa shape index (κ1) is 14.3. The van der Waals surface area contributed by atoms with Crippen LogP contribution >= 0.6 is 11.6 Å². The van der Waals surface area contributed by atoms with Crippen molar-refractivity contribution in [2.75, 3.05) is 30.5 Å². The Labute approximate surface area is 107 Å². The van der Waals surface area contributed by atoms with Crippen molar-refractivity contribution < 1.29 is 8.42 Å². The van der Waals surface area contributed by atoms with E-state index in [0.717, 1.165) is 11.3 Å². The summed E-state index contributed by atoms with van der Waals surface area (Å²) in [5.74, 6) is 0.0960. The summed E-state index contributed by atoms with van der Waals surface area (Å²) < 4.78 is 22.2. The molecular formula is C11H17ClN2O2S. The Morgan fingerprint density at radius 3 is 2.59 bits per heavy atom. The summed E-state index contributed by atoms with van der Waals surface area (Å²) in [6.07, 6.45) is 1.22. The maximum atomic E-state index is 11.1. The van der Waals surface area contributed by atoms with Gasteiger partial charge < -0.3 is 10.6 Å².